The van der Waals surface area contributed by atoms with Crippen LogP contribution in [0.5, 0.6) is 0 Å². The second kappa shape index (κ2) is 8.44. The predicted molar refractivity (Wildman–Crippen MR) is 105 cm³/mol. The van der Waals surface area contributed by atoms with E-state index < -0.39 is 47.5 Å². The molecule has 0 aromatic heterocycles. The molecule has 3 heterocycles. The molecule has 0 aromatic carbocycles. The number of likely N-dealkylation sites (tertiary alicyclic amines) is 1. The van der Waals surface area contributed by atoms with Gasteiger partial charge in [0.1, 0.15) is 11.6 Å². The Morgan fingerprint density at radius 2 is 2.17 bits per heavy atom. The van der Waals surface area contributed by atoms with Gasteiger partial charge >= 0.3 is 5.97 Å². The second-order valence-corrected chi connectivity index (χ2v) is 8.45. The van der Waals surface area contributed by atoms with Crippen LogP contribution in [0.3, 0.4) is 0 Å². The lowest BCUT2D eigenvalue weighted by atomic mass is 9.70. The highest BCUT2D eigenvalue weighted by Crippen LogP contribution is 2.58. The number of ether oxygens (including phenoxy) is 1. The Balaban J connectivity index is 1.99. The molecule has 0 aliphatic carbocycles. The van der Waals surface area contributed by atoms with E-state index in [1.165, 1.54) is 4.90 Å². The van der Waals surface area contributed by atoms with Gasteiger partial charge in [0, 0.05) is 13.1 Å². The quantitative estimate of drug-likeness (QED) is 0.413. The van der Waals surface area contributed by atoms with Gasteiger partial charge in [-0.2, -0.15) is 0 Å². The number of aliphatic carboxylic acids is 1. The van der Waals surface area contributed by atoms with Crippen molar-refractivity contribution in [1.82, 2.24) is 9.80 Å². The molecule has 162 valence electrons. The first-order valence-corrected chi connectivity index (χ1v) is 10.6. The van der Waals surface area contributed by atoms with Crippen molar-refractivity contribution >= 4 is 17.8 Å². The number of aliphatic hydroxyl groups excluding tert-OH is 1. The highest BCUT2D eigenvalue weighted by molar-refractivity contribution is 5.98. The fraction of sp³-hybridized carbons (Fsp3) is 0.762. The number of carbonyl (C=O) groups is 3. The Kier molecular flexibility index (Phi) is 6.33. The van der Waals surface area contributed by atoms with Gasteiger partial charge in [-0.05, 0) is 26.2 Å². The Hall–Kier alpha value is -1.93. The molecule has 6 atom stereocenters. The molecule has 29 heavy (non-hydrogen) atoms. The first-order chi connectivity index (χ1) is 13.8. The Morgan fingerprint density at radius 1 is 1.45 bits per heavy atom. The van der Waals surface area contributed by atoms with E-state index in [-0.39, 0.29) is 12.5 Å². The summed E-state index contributed by atoms with van der Waals surface area (Å²) in [4.78, 5) is 42.0. The summed E-state index contributed by atoms with van der Waals surface area (Å²) in [5, 5.41) is 19.5. The molecule has 0 radical (unpaired) electrons. The minimum atomic E-state index is -1.13. The van der Waals surface area contributed by atoms with E-state index in [4.69, 9.17) is 4.74 Å². The van der Waals surface area contributed by atoms with E-state index in [2.05, 4.69) is 13.5 Å². The molecule has 3 rings (SSSR count). The summed E-state index contributed by atoms with van der Waals surface area (Å²) in [5.41, 5.74) is -1.13. The molecule has 3 fully saturated rings. The van der Waals surface area contributed by atoms with E-state index in [0.29, 0.717) is 25.9 Å². The number of rotatable bonds is 10. The summed E-state index contributed by atoms with van der Waals surface area (Å²) in [7, 11) is 0. The van der Waals surface area contributed by atoms with Crippen LogP contribution < -0.4 is 0 Å². The number of hydrogen-bond acceptors (Lipinski definition) is 5. The Bertz CT molecular complexity index is 682. The smallest absolute Gasteiger partial charge is 0.310 e. The SMILES string of the molecule is C=CCN(CCCCC)C(=O)C1N([C@H](C)CO)C(=O)[C@@H]2[C@H](C(=O)O)[C@@H]3CCC12O3. The van der Waals surface area contributed by atoms with Crippen LogP contribution in [0, 0.1) is 11.8 Å². The second-order valence-electron chi connectivity index (χ2n) is 8.45. The standard InChI is InChI=1S/C21H32N2O6/c1-4-6-7-11-22(10-5-2)19(26)17-21-9-8-14(29-21)15(20(27)28)16(21)18(25)23(17)13(3)12-24/h5,13-17,24H,2,4,6-12H2,1,3H3,(H,27,28)/t13-,14+,15-,16+,17?,21?/m1/s1. The average Bonchev–Trinajstić information content (AvgIpc) is 3.33. The molecule has 3 aliphatic rings. The van der Waals surface area contributed by atoms with Gasteiger partial charge in [0.15, 0.2) is 0 Å². The zero-order valence-corrected chi connectivity index (χ0v) is 17.2. The molecule has 8 nitrogen and oxygen atoms in total. The molecule has 2 amide bonds. The maximum Gasteiger partial charge on any atom is 0.310 e. The zero-order chi connectivity index (χ0) is 21.3. The third-order valence-corrected chi connectivity index (χ3v) is 6.69. The summed E-state index contributed by atoms with van der Waals surface area (Å²) in [5.74, 6) is -3.54. The predicted octanol–water partition coefficient (Wildman–Crippen LogP) is 1.03. The minimum Gasteiger partial charge on any atom is -0.481 e. The van der Waals surface area contributed by atoms with Gasteiger partial charge in [0.25, 0.3) is 0 Å². The first-order valence-electron chi connectivity index (χ1n) is 10.6. The van der Waals surface area contributed by atoms with Gasteiger partial charge in [-0.25, -0.2) is 0 Å². The fourth-order valence-corrected chi connectivity index (χ4v) is 5.39. The Labute approximate surface area is 171 Å². The van der Waals surface area contributed by atoms with Crippen LogP contribution in [-0.2, 0) is 19.1 Å². The summed E-state index contributed by atoms with van der Waals surface area (Å²) in [6.07, 6.45) is 4.93. The number of fused-ring (bicyclic) bond motifs is 1. The molecule has 3 aliphatic heterocycles. The molecule has 0 saturated carbocycles. The molecular weight excluding hydrogens is 376 g/mol. The fourth-order valence-electron chi connectivity index (χ4n) is 5.39. The van der Waals surface area contributed by atoms with Crippen molar-refractivity contribution in [2.45, 2.75) is 69.7 Å². The molecule has 2 bridgehead atoms. The zero-order valence-electron chi connectivity index (χ0n) is 17.2. The lowest BCUT2D eigenvalue weighted by molar-refractivity contribution is -0.153. The van der Waals surface area contributed by atoms with Crippen LogP contribution in [0.25, 0.3) is 0 Å². The van der Waals surface area contributed by atoms with Crippen LogP contribution in [0.15, 0.2) is 12.7 Å². The summed E-state index contributed by atoms with van der Waals surface area (Å²) in [6.45, 7) is 8.08. The minimum absolute atomic E-state index is 0.246. The maximum absolute atomic E-state index is 13.7. The first kappa shape index (κ1) is 21.8. The third kappa shape index (κ3) is 3.36. The van der Waals surface area contributed by atoms with E-state index >= 15 is 0 Å². The van der Waals surface area contributed by atoms with Gasteiger partial charge in [-0.3, -0.25) is 14.4 Å². The highest BCUT2D eigenvalue weighted by Gasteiger charge is 2.75. The average molecular weight is 408 g/mol. The molecule has 2 unspecified atom stereocenters. The van der Waals surface area contributed by atoms with Crippen LogP contribution >= 0.6 is 0 Å². The molecule has 8 heteroatoms. The number of aliphatic hydroxyl groups is 1. The lowest BCUT2D eigenvalue weighted by Gasteiger charge is -2.38. The van der Waals surface area contributed by atoms with Gasteiger partial charge in [0.05, 0.1) is 30.6 Å². The molecule has 0 aromatic rings. The number of carboxylic acids is 1. The van der Waals surface area contributed by atoms with Crippen LogP contribution in [0.4, 0.5) is 0 Å². The van der Waals surface area contributed by atoms with Crippen molar-refractivity contribution in [2.24, 2.45) is 11.8 Å². The van der Waals surface area contributed by atoms with Crippen molar-refractivity contribution in [3.63, 3.8) is 0 Å². The van der Waals surface area contributed by atoms with Crippen molar-refractivity contribution in [3.05, 3.63) is 12.7 Å². The topological polar surface area (TPSA) is 107 Å². The van der Waals surface area contributed by atoms with Crippen molar-refractivity contribution in [1.29, 1.82) is 0 Å². The molecular formula is C21H32N2O6. The van der Waals surface area contributed by atoms with E-state index in [1.54, 1.807) is 17.9 Å². The third-order valence-electron chi connectivity index (χ3n) is 6.69. The molecule has 1 spiro atoms. The monoisotopic (exact) mass is 408 g/mol. The van der Waals surface area contributed by atoms with E-state index in [9.17, 15) is 24.6 Å². The molecule has 2 N–H and O–H groups in total. The van der Waals surface area contributed by atoms with Crippen molar-refractivity contribution < 1.29 is 29.3 Å². The van der Waals surface area contributed by atoms with Gasteiger partial charge < -0.3 is 24.7 Å². The highest BCUT2D eigenvalue weighted by atomic mass is 16.5. The largest absolute Gasteiger partial charge is 0.481 e. The number of amides is 2. The number of unbranched alkanes of at least 4 members (excludes halogenated alkanes) is 2. The van der Waals surface area contributed by atoms with Crippen LogP contribution in [-0.4, -0.2) is 81.3 Å². The summed E-state index contributed by atoms with van der Waals surface area (Å²) < 4.78 is 6.14. The maximum atomic E-state index is 13.7. The summed E-state index contributed by atoms with van der Waals surface area (Å²) in [6, 6.07) is -1.52. The number of nitrogens with zero attached hydrogens (tertiary/aromatic N) is 2. The van der Waals surface area contributed by atoms with E-state index in [0.717, 1.165) is 19.3 Å². The normalized spacial score (nSPS) is 33.6. The Morgan fingerprint density at radius 3 is 2.76 bits per heavy atom. The van der Waals surface area contributed by atoms with Crippen LogP contribution in [0.1, 0.15) is 46.0 Å². The number of hydrogen-bond donors (Lipinski definition) is 2. The molecule has 3 saturated heterocycles. The number of carbonyl (C=O) groups excluding carboxylic acids is 2. The van der Waals surface area contributed by atoms with Gasteiger partial charge in [-0.1, -0.05) is 25.8 Å². The summed E-state index contributed by atoms with van der Waals surface area (Å²) >= 11 is 0. The van der Waals surface area contributed by atoms with Gasteiger partial charge in [-0.15, -0.1) is 6.58 Å². The lowest BCUT2D eigenvalue weighted by Crippen LogP contribution is -2.58. The van der Waals surface area contributed by atoms with Crippen LogP contribution in [0.2, 0.25) is 0 Å². The number of carboxylic acid groups (broad SMARTS) is 1. The van der Waals surface area contributed by atoms with Gasteiger partial charge in [0.2, 0.25) is 11.8 Å². The van der Waals surface area contributed by atoms with Crippen molar-refractivity contribution in [3.8, 4) is 0 Å². The van der Waals surface area contributed by atoms with E-state index in [1.807, 2.05) is 0 Å². The van der Waals surface area contributed by atoms with Crippen molar-refractivity contribution in [2.75, 3.05) is 19.7 Å².